The predicted molar refractivity (Wildman–Crippen MR) is 95.9 cm³/mol. The number of hydrogen-bond donors (Lipinski definition) is 0. The Hall–Kier alpha value is -3.03. The molecule has 0 bridgehead atoms. The van der Waals surface area contributed by atoms with E-state index < -0.39 is 11.7 Å². The molecule has 0 atom stereocenters. The summed E-state index contributed by atoms with van der Waals surface area (Å²) in [6.07, 6.45) is -4.38. The molecule has 144 valence electrons. The lowest BCUT2D eigenvalue weighted by molar-refractivity contribution is -0.137. The van der Waals surface area contributed by atoms with E-state index in [2.05, 4.69) is 10.3 Å². The summed E-state index contributed by atoms with van der Waals surface area (Å²) in [7, 11) is 2.85. The Balaban J connectivity index is 2.10. The van der Waals surface area contributed by atoms with Gasteiger partial charge in [0.15, 0.2) is 0 Å². The third-order valence-corrected chi connectivity index (χ3v) is 3.54. The first-order valence-electron chi connectivity index (χ1n) is 7.93. The molecule has 0 saturated carbocycles. The van der Waals surface area contributed by atoms with Crippen LogP contribution < -0.4 is 4.74 Å². The Morgan fingerprint density at radius 2 is 1.63 bits per heavy atom. The Bertz CT molecular complexity index is 816. The van der Waals surface area contributed by atoms with Crippen LogP contribution >= 0.6 is 0 Å². The van der Waals surface area contributed by atoms with Crippen LogP contribution in [0.15, 0.2) is 58.8 Å². The maximum Gasteiger partial charge on any atom is 0.416 e. The molecule has 0 N–H and O–H groups in total. The van der Waals surface area contributed by atoms with Crippen LogP contribution in [0.2, 0.25) is 0 Å². The summed E-state index contributed by atoms with van der Waals surface area (Å²) in [6, 6.07) is 11.9. The van der Waals surface area contributed by atoms with Crippen molar-refractivity contribution in [3.8, 4) is 5.75 Å². The smallest absolute Gasteiger partial charge is 0.416 e. The van der Waals surface area contributed by atoms with Crippen molar-refractivity contribution >= 4 is 11.4 Å². The number of oxime groups is 2. The molecule has 0 aromatic heterocycles. The van der Waals surface area contributed by atoms with Crippen molar-refractivity contribution in [3.63, 3.8) is 0 Å². The van der Waals surface area contributed by atoms with Crippen LogP contribution in [0.5, 0.6) is 5.75 Å². The first kappa shape index (κ1) is 20.3. The average Bonchev–Trinajstić information content (AvgIpc) is 2.65. The Labute approximate surface area is 155 Å². The molecule has 0 fully saturated rings. The first-order chi connectivity index (χ1) is 12.8. The highest BCUT2D eigenvalue weighted by molar-refractivity contribution is 6.47. The van der Waals surface area contributed by atoms with Crippen LogP contribution in [0.1, 0.15) is 23.6 Å². The van der Waals surface area contributed by atoms with Gasteiger partial charge in [0.2, 0.25) is 0 Å². The number of benzene rings is 2. The minimum Gasteiger partial charge on any atom is -0.489 e. The van der Waals surface area contributed by atoms with Crippen LogP contribution in [0.25, 0.3) is 0 Å². The largest absolute Gasteiger partial charge is 0.489 e. The zero-order valence-electron chi connectivity index (χ0n) is 15.1. The fraction of sp³-hybridized carbons (Fsp3) is 0.263. The lowest BCUT2D eigenvalue weighted by Crippen LogP contribution is -2.13. The molecule has 0 aliphatic rings. The standard InChI is InChI=1S/C19H19F3N2O3/c1-13(23-25-2)18(24-26-3)15-7-9-17(10-8-15)27-12-14-5-4-6-16(11-14)19(20,21)22/h4-11H,12H2,1-3H3/b23-13+,24-18-. The monoisotopic (exact) mass is 380 g/mol. The van der Waals surface area contributed by atoms with E-state index in [0.29, 0.717) is 22.7 Å². The normalized spacial score (nSPS) is 12.7. The molecule has 5 nitrogen and oxygen atoms in total. The average molecular weight is 380 g/mol. The van der Waals surface area contributed by atoms with Crippen LogP contribution in [0.4, 0.5) is 13.2 Å². The molecule has 0 aliphatic heterocycles. The lowest BCUT2D eigenvalue weighted by atomic mass is 10.1. The second-order valence-corrected chi connectivity index (χ2v) is 5.49. The van der Waals surface area contributed by atoms with Gasteiger partial charge in [-0.1, -0.05) is 22.4 Å². The quantitative estimate of drug-likeness (QED) is 0.519. The van der Waals surface area contributed by atoms with E-state index in [-0.39, 0.29) is 6.61 Å². The van der Waals surface area contributed by atoms with Gasteiger partial charge < -0.3 is 14.4 Å². The van der Waals surface area contributed by atoms with E-state index in [0.717, 1.165) is 17.7 Å². The topological polar surface area (TPSA) is 52.4 Å². The Kier molecular flexibility index (Phi) is 6.81. The molecule has 27 heavy (non-hydrogen) atoms. The van der Waals surface area contributed by atoms with Gasteiger partial charge in [-0.15, -0.1) is 0 Å². The molecule has 0 heterocycles. The van der Waals surface area contributed by atoms with E-state index in [1.807, 2.05) is 0 Å². The maximum atomic E-state index is 12.8. The summed E-state index contributed by atoms with van der Waals surface area (Å²) in [5.41, 5.74) is 1.47. The van der Waals surface area contributed by atoms with Gasteiger partial charge in [0, 0.05) is 5.56 Å². The molecule has 0 saturated heterocycles. The van der Waals surface area contributed by atoms with Gasteiger partial charge in [-0.05, 0) is 48.9 Å². The van der Waals surface area contributed by atoms with Gasteiger partial charge in [0.1, 0.15) is 38.0 Å². The van der Waals surface area contributed by atoms with Crippen molar-refractivity contribution in [2.45, 2.75) is 19.7 Å². The van der Waals surface area contributed by atoms with Crippen molar-refractivity contribution < 1.29 is 27.6 Å². The molecule has 0 amide bonds. The number of rotatable bonds is 7. The molecule has 0 spiro atoms. The van der Waals surface area contributed by atoms with Crippen molar-refractivity contribution in [2.24, 2.45) is 10.3 Å². The van der Waals surface area contributed by atoms with Crippen molar-refractivity contribution in [2.75, 3.05) is 14.2 Å². The van der Waals surface area contributed by atoms with Gasteiger partial charge in [0.25, 0.3) is 0 Å². The van der Waals surface area contributed by atoms with Gasteiger partial charge in [0.05, 0.1) is 5.56 Å². The number of hydrogen-bond acceptors (Lipinski definition) is 5. The molecule has 0 unspecified atom stereocenters. The molecule has 2 aromatic rings. The third-order valence-electron chi connectivity index (χ3n) is 3.54. The highest BCUT2D eigenvalue weighted by Crippen LogP contribution is 2.29. The van der Waals surface area contributed by atoms with Crippen LogP contribution in [0, 0.1) is 0 Å². The zero-order valence-corrected chi connectivity index (χ0v) is 15.1. The molecule has 2 aromatic carbocycles. The zero-order chi connectivity index (χ0) is 19.9. The summed E-state index contributed by atoms with van der Waals surface area (Å²) in [5.74, 6) is 0.509. The fourth-order valence-corrected chi connectivity index (χ4v) is 2.31. The van der Waals surface area contributed by atoms with Crippen LogP contribution in [-0.4, -0.2) is 25.6 Å². The highest BCUT2D eigenvalue weighted by Gasteiger charge is 2.30. The van der Waals surface area contributed by atoms with Gasteiger partial charge in [-0.3, -0.25) is 0 Å². The van der Waals surface area contributed by atoms with Gasteiger partial charge >= 0.3 is 6.18 Å². The second kappa shape index (κ2) is 9.07. The summed E-state index contributed by atoms with van der Waals surface area (Å²) < 4.78 is 43.8. The van der Waals surface area contributed by atoms with E-state index in [4.69, 9.17) is 14.4 Å². The summed E-state index contributed by atoms with van der Waals surface area (Å²) in [4.78, 5) is 9.57. The number of alkyl halides is 3. The number of halogens is 3. The van der Waals surface area contributed by atoms with Crippen molar-refractivity contribution in [1.82, 2.24) is 0 Å². The van der Waals surface area contributed by atoms with Crippen molar-refractivity contribution in [3.05, 3.63) is 65.2 Å². The lowest BCUT2D eigenvalue weighted by Gasteiger charge is -2.11. The summed E-state index contributed by atoms with van der Waals surface area (Å²) in [6.45, 7) is 1.74. The minimum absolute atomic E-state index is 0.0203. The fourth-order valence-electron chi connectivity index (χ4n) is 2.31. The van der Waals surface area contributed by atoms with Gasteiger partial charge in [-0.2, -0.15) is 13.2 Å². The first-order valence-corrected chi connectivity index (χ1v) is 7.93. The maximum absolute atomic E-state index is 12.8. The van der Waals surface area contributed by atoms with E-state index in [1.54, 1.807) is 37.3 Å². The Morgan fingerprint density at radius 3 is 2.22 bits per heavy atom. The molecule has 2 rings (SSSR count). The van der Waals surface area contributed by atoms with E-state index >= 15 is 0 Å². The van der Waals surface area contributed by atoms with E-state index in [1.165, 1.54) is 20.3 Å². The SMILES string of the molecule is CO/N=C(C)/C(=N/OC)c1ccc(OCc2cccc(C(F)(F)F)c2)cc1. The molecule has 8 heteroatoms. The minimum atomic E-state index is -4.38. The molecular weight excluding hydrogens is 361 g/mol. The van der Waals surface area contributed by atoms with Crippen LogP contribution in [0.3, 0.4) is 0 Å². The van der Waals surface area contributed by atoms with Crippen molar-refractivity contribution in [1.29, 1.82) is 0 Å². The second-order valence-electron chi connectivity index (χ2n) is 5.49. The summed E-state index contributed by atoms with van der Waals surface area (Å²) in [5, 5.41) is 7.76. The number of ether oxygens (including phenoxy) is 1. The predicted octanol–water partition coefficient (Wildman–Crippen LogP) is 4.66. The molecular formula is C19H19F3N2O3. The summed E-state index contributed by atoms with van der Waals surface area (Å²) >= 11 is 0. The van der Waals surface area contributed by atoms with Gasteiger partial charge in [-0.25, -0.2) is 0 Å². The molecule has 0 aliphatic carbocycles. The highest BCUT2D eigenvalue weighted by atomic mass is 19.4. The molecule has 0 radical (unpaired) electrons. The van der Waals surface area contributed by atoms with Crippen LogP contribution in [-0.2, 0) is 22.5 Å². The third kappa shape index (κ3) is 5.73. The van der Waals surface area contributed by atoms with E-state index in [9.17, 15) is 13.2 Å². The number of nitrogens with zero attached hydrogens (tertiary/aromatic N) is 2. The Morgan fingerprint density at radius 1 is 0.963 bits per heavy atom.